The van der Waals surface area contributed by atoms with Gasteiger partial charge in [-0.25, -0.2) is 9.36 Å². The SMILES string of the molecule is CCN1CCc2c([nH]c3ccccc23)[C@@H]1c1c(O)n(C)c(=O)n(-c2ccc(OC)cc2)c1=O. The molecule has 0 radical (unpaired) electrons. The number of methoxy groups -OCH3 is 1. The zero-order valence-corrected chi connectivity index (χ0v) is 18.8. The van der Waals surface area contributed by atoms with Gasteiger partial charge in [-0.15, -0.1) is 0 Å². The zero-order chi connectivity index (χ0) is 23.3. The van der Waals surface area contributed by atoms with Gasteiger partial charge in [0.1, 0.15) is 11.3 Å². The first kappa shape index (κ1) is 21.1. The minimum Gasteiger partial charge on any atom is -0.497 e. The summed E-state index contributed by atoms with van der Waals surface area (Å²) in [7, 11) is 3.03. The standard InChI is InChI=1S/C25H26N4O4/c1-4-28-14-13-18-17-7-5-6-8-19(17)26-21(18)22(28)20-23(30)27(2)25(32)29(24(20)31)15-9-11-16(33-3)12-10-15/h5-12,22,26,30H,4,13-14H2,1-3H3/t22-/m0/s1. The van der Waals surface area contributed by atoms with Gasteiger partial charge in [-0.3, -0.25) is 14.3 Å². The van der Waals surface area contributed by atoms with Gasteiger partial charge in [0.2, 0.25) is 5.88 Å². The Hall–Kier alpha value is -3.78. The highest BCUT2D eigenvalue weighted by molar-refractivity contribution is 5.85. The van der Waals surface area contributed by atoms with Gasteiger partial charge < -0.3 is 14.8 Å². The van der Waals surface area contributed by atoms with Gasteiger partial charge in [-0.05, 0) is 48.9 Å². The number of ether oxygens (including phenoxy) is 1. The van der Waals surface area contributed by atoms with Crippen LogP contribution in [-0.4, -0.2) is 44.3 Å². The average Bonchev–Trinajstić information content (AvgIpc) is 3.22. The Kier molecular flexibility index (Phi) is 5.09. The summed E-state index contributed by atoms with van der Waals surface area (Å²) in [5.41, 5.74) is 2.48. The molecule has 1 atom stereocenters. The van der Waals surface area contributed by atoms with E-state index < -0.39 is 17.3 Å². The van der Waals surface area contributed by atoms with E-state index in [-0.39, 0.29) is 11.4 Å². The molecule has 0 saturated carbocycles. The van der Waals surface area contributed by atoms with Crippen molar-refractivity contribution in [1.82, 2.24) is 19.0 Å². The first-order chi connectivity index (χ1) is 16.0. The Morgan fingerprint density at radius 2 is 1.85 bits per heavy atom. The molecular formula is C25H26N4O4. The number of hydrogen-bond donors (Lipinski definition) is 2. The quantitative estimate of drug-likeness (QED) is 0.503. The summed E-state index contributed by atoms with van der Waals surface area (Å²) in [5, 5.41) is 12.2. The van der Waals surface area contributed by atoms with Crippen molar-refractivity contribution in [3.63, 3.8) is 0 Å². The van der Waals surface area contributed by atoms with E-state index in [4.69, 9.17) is 4.74 Å². The molecule has 2 N–H and O–H groups in total. The second-order valence-corrected chi connectivity index (χ2v) is 8.26. The molecule has 8 nitrogen and oxygen atoms in total. The summed E-state index contributed by atoms with van der Waals surface area (Å²) in [6.45, 7) is 3.45. The highest BCUT2D eigenvalue weighted by Crippen LogP contribution is 2.39. The number of H-pyrrole nitrogens is 1. The summed E-state index contributed by atoms with van der Waals surface area (Å²) in [6, 6.07) is 14.3. The third-order valence-electron chi connectivity index (χ3n) is 6.61. The monoisotopic (exact) mass is 446 g/mol. The normalized spacial score (nSPS) is 16.2. The largest absolute Gasteiger partial charge is 0.497 e. The van der Waals surface area contributed by atoms with Crippen LogP contribution in [0.5, 0.6) is 11.6 Å². The fourth-order valence-corrected chi connectivity index (χ4v) is 4.88. The summed E-state index contributed by atoms with van der Waals surface area (Å²) in [4.78, 5) is 32.5. The number of para-hydroxylation sites is 1. The van der Waals surface area contributed by atoms with E-state index >= 15 is 0 Å². The third-order valence-corrected chi connectivity index (χ3v) is 6.61. The minimum atomic E-state index is -0.609. The van der Waals surface area contributed by atoms with Crippen LogP contribution in [0.4, 0.5) is 0 Å². The third kappa shape index (κ3) is 3.17. The molecule has 0 aliphatic carbocycles. The van der Waals surface area contributed by atoms with Gasteiger partial charge >= 0.3 is 5.69 Å². The van der Waals surface area contributed by atoms with E-state index in [1.54, 1.807) is 31.4 Å². The lowest BCUT2D eigenvalue weighted by Crippen LogP contribution is -2.44. The number of nitrogens with zero attached hydrogens (tertiary/aromatic N) is 3. The zero-order valence-electron chi connectivity index (χ0n) is 18.8. The van der Waals surface area contributed by atoms with Gasteiger partial charge in [0.25, 0.3) is 5.56 Å². The van der Waals surface area contributed by atoms with Crippen LogP contribution in [-0.2, 0) is 13.5 Å². The van der Waals surface area contributed by atoms with Crippen LogP contribution >= 0.6 is 0 Å². The van der Waals surface area contributed by atoms with Crippen molar-refractivity contribution in [3.05, 3.63) is 86.2 Å². The van der Waals surface area contributed by atoms with Crippen molar-refractivity contribution >= 4 is 10.9 Å². The molecule has 4 aromatic rings. The maximum Gasteiger partial charge on any atom is 0.338 e. The Labute approximate surface area is 190 Å². The molecule has 170 valence electrons. The number of fused-ring (bicyclic) bond motifs is 3. The van der Waals surface area contributed by atoms with Crippen molar-refractivity contribution in [3.8, 4) is 17.3 Å². The van der Waals surface area contributed by atoms with Crippen molar-refractivity contribution in [2.24, 2.45) is 7.05 Å². The van der Waals surface area contributed by atoms with Gasteiger partial charge in [0.15, 0.2) is 0 Å². The molecule has 0 unspecified atom stereocenters. The van der Waals surface area contributed by atoms with Gasteiger partial charge in [0.05, 0.1) is 18.8 Å². The number of aromatic hydroxyl groups is 1. The number of likely N-dealkylation sites (N-methyl/N-ethyl adjacent to an activating group) is 1. The number of aromatic amines is 1. The van der Waals surface area contributed by atoms with Crippen molar-refractivity contribution < 1.29 is 9.84 Å². The average molecular weight is 447 g/mol. The van der Waals surface area contributed by atoms with Crippen LogP contribution in [0.2, 0.25) is 0 Å². The topological polar surface area (TPSA) is 92.5 Å². The fourth-order valence-electron chi connectivity index (χ4n) is 4.88. The summed E-state index contributed by atoms with van der Waals surface area (Å²) < 4.78 is 7.44. The van der Waals surface area contributed by atoms with Crippen LogP contribution in [0.15, 0.2) is 58.1 Å². The highest BCUT2D eigenvalue weighted by atomic mass is 16.5. The van der Waals surface area contributed by atoms with Crippen LogP contribution in [0.3, 0.4) is 0 Å². The Morgan fingerprint density at radius 3 is 2.55 bits per heavy atom. The lowest BCUT2D eigenvalue weighted by Gasteiger charge is -2.35. The Bertz CT molecular complexity index is 1460. The maximum atomic E-state index is 13.8. The molecule has 8 heteroatoms. The molecule has 0 bridgehead atoms. The lowest BCUT2D eigenvalue weighted by atomic mass is 9.93. The molecule has 0 fully saturated rings. The molecule has 5 rings (SSSR count). The molecule has 1 aliphatic heterocycles. The van der Waals surface area contributed by atoms with E-state index in [0.717, 1.165) is 44.3 Å². The molecule has 0 amide bonds. The molecule has 3 heterocycles. The van der Waals surface area contributed by atoms with Gasteiger partial charge in [-0.1, -0.05) is 25.1 Å². The predicted octanol–water partition coefficient (Wildman–Crippen LogP) is 2.70. The molecule has 2 aromatic carbocycles. The minimum absolute atomic E-state index is 0.183. The summed E-state index contributed by atoms with van der Waals surface area (Å²) >= 11 is 0. The smallest absolute Gasteiger partial charge is 0.338 e. The summed E-state index contributed by atoms with van der Waals surface area (Å²) in [6.07, 6.45) is 0.836. The molecule has 0 saturated heterocycles. The van der Waals surface area contributed by atoms with Crippen LogP contribution < -0.4 is 16.0 Å². The second kappa shape index (κ2) is 7.97. The van der Waals surface area contributed by atoms with Crippen LogP contribution in [0.1, 0.15) is 29.8 Å². The van der Waals surface area contributed by atoms with Crippen molar-refractivity contribution in [2.45, 2.75) is 19.4 Å². The second-order valence-electron chi connectivity index (χ2n) is 8.26. The van der Waals surface area contributed by atoms with Crippen LogP contribution in [0.25, 0.3) is 16.6 Å². The Balaban J connectivity index is 1.79. The fraction of sp³-hybridized carbons (Fsp3) is 0.280. The lowest BCUT2D eigenvalue weighted by molar-refractivity contribution is 0.214. The van der Waals surface area contributed by atoms with Crippen molar-refractivity contribution in [2.75, 3.05) is 20.2 Å². The number of hydrogen-bond acceptors (Lipinski definition) is 5. The van der Waals surface area contributed by atoms with E-state index in [2.05, 4.69) is 16.0 Å². The highest BCUT2D eigenvalue weighted by Gasteiger charge is 2.36. The first-order valence-electron chi connectivity index (χ1n) is 11.0. The predicted molar refractivity (Wildman–Crippen MR) is 127 cm³/mol. The number of aromatic nitrogens is 3. The summed E-state index contributed by atoms with van der Waals surface area (Å²) in [5.74, 6) is 0.305. The molecule has 33 heavy (non-hydrogen) atoms. The molecule has 0 spiro atoms. The van der Waals surface area contributed by atoms with E-state index in [0.29, 0.717) is 18.0 Å². The van der Waals surface area contributed by atoms with Gasteiger partial charge in [0, 0.05) is 30.2 Å². The Morgan fingerprint density at radius 1 is 1.12 bits per heavy atom. The van der Waals surface area contributed by atoms with Gasteiger partial charge in [-0.2, -0.15) is 0 Å². The van der Waals surface area contributed by atoms with Crippen molar-refractivity contribution in [1.29, 1.82) is 0 Å². The van der Waals surface area contributed by atoms with E-state index in [1.807, 2.05) is 25.1 Å². The number of nitrogens with one attached hydrogen (secondary N) is 1. The molecule has 1 aliphatic rings. The molecule has 2 aromatic heterocycles. The van der Waals surface area contributed by atoms with Crippen LogP contribution in [0, 0.1) is 0 Å². The van der Waals surface area contributed by atoms with E-state index in [9.17, 15) is 14.7 Å². The molecular weight excluding hydrogens is 420 g/mol. The number of rotatable bonds is 4. The van der Waals surface area contributed by atoms with E-state index in [1.165, 1.54) is 7.05 Å². The first-order valence-corrected chi connectivity index (χ1v) is 11.0. The number of benzene rings is 2. The maximum absolute atomic E-state index is 13.8.